The Hall–Kier alpha value is -2.48. The Kier molecular flexibility index (Phi) is 45.2. The van der Waals surface area contributed by atoms with Gasteiger partial charge in [0.15, 0.2) is 0 Å². The van der Waals surface area contributed by atoms with Gasteiger partial charge in [-0.25, -0.2) is 4.57 Å². The molecule has 1 aliphatic carbocycles. The van der Waals surface area contributed by atoms with Crippen LogP contribution in [0.1, 0.15) is 219 Å². The lowest BCUT2D eigenvalue weighted by Gasteiger charge is -2.41. The van der Waals surface area contributed by atoms with Crippen LogP contribution in [0.25, 0.3) is 0 Å². The van der Waals surface area contributed by atoms with E-state index in [1.165, 1.54) is 89.9 Å². The molecule has 0 aromatic carbocycles. The van der Waals surface area contributed by atoms with E-state index in [1.54, 1.807) is 0 Å². The molecule has 12 nitrogen and oxygen atoms in total. The van der Waals surface area contributed by atoms with Crippen LogP contribution in [-0.4, -0.2) is 98.9 Å². The van der Waals surface area contributed by atoms with Gasteiger partial charge >= 0.3 is 13.8 Å². The number of esters is 1. The van der Waals surface area contributed by atoms with Gasteiger partial charge in [0.1, 0.15) is 42.7 Å². The zero-order chi connectivity index (χ0) is 52.6. The van der Waals surface area contributed by atoms with E-state index in [0.29, 0.717) is 13.0 Å². The van der Waals surface area contributed by atoms with E-state index in [-0.39, 0.29) is 13.0 Å². The second kappa shape index (κ2) is 48.2. The Balaban J connectivity index is 2.31. The first-order valence-corrected chi connectivity index (χ1v) is 29.9. The summed E-state index contributed by atoms with van der Waals surface area (Å²) in [4.78, 5) is 23.3. The summed E-state index contributed by atoms with van der Waals surface area (Å²) in [5.41, 5.74) is 0. The number of phosphoric acid groups is 1. The molecule has 416 valence electrons. The third kappa shape index (κ3) is 39.0. The van der Waals surface area contributed by atoms with Crippen LogP contribution in [0.15, 0.2) is 85.1 Å². The van der Waals surface area contributed by atoms with Crippen molar-refractivity contribution in [2.24, 2.45) is 0 Å². The van der Waals surface area contributed by atoms with Crippen LogP contribution in [0.5, 0.6) is 0 Å². The molecule has 13 heteroatoms. The van der Waals surface area contributed by atoms with Crippen LogP contribution in [0.4, 0.5) is 0 Å². The summed E-state index contributed by atoms with van der Waals surface area (Å²) in [6.45, 7) is 4.13. The molecule has 0 aliphatic heterocycles. The lowest BCUT2D eigenvalue weighted by atomic mass is 9.85. The van der Waals surface area contributed by atoms with Crippen molar-refractivity contribution in [2.75, 3.05) is 19.8 Å². The molecular formula is C59H103O12P. The van der Waals surface area contributed by atoms with Gasteiger partial charge in [-0.05, 0) is 89.9 Å². The molecule has 1 saturated carbocycles. The fraction of sp³-hybridized carbons (Fsp3) is 0.746. The van der Waals surface area contributed by atoms with Crippen LogP contribution in [0.3, 0.4) is 0 Å². The average molecular weight is 1040 g/mol. The van der Waals surface area contributed by atoms with Gasteiger partial charge in [0.25, 0.3) is 0 Å². The lowest BCUT2D eigenvalue weighted by Crippen LogP contribution is -2.64. The van der Waals surface area contributed by atoms with Gasteiger partial charge in [0, 0.05) is 13.0 Å². The maximum absolute atomic E-state index is 12.9. The van der Waals surface area contributed by atoms with Crippen molar-refractivity contribution in [3.05, 3.63) is 85.1 Å². The van der Waals surface area contributed by atoms with E-state index >= 15 is 0 Å². The van der Waals surface area contributed by atoms with Crippen LogP contribution in [0.2, 0.25) is 0 Å². The van der Waals surface area contributed by atoms with Crippen LogP contribution in [0, 0.1) is 0 Å². The topological polar surface area (TPSA) is 192 Å². The zero-order valence-corrected chi connectivity index (χ0v) is 45.8. The number of hydrogen-bond acceptors (Lipinski definition) is 11. The number of hydrogen-bond donors (Lipinski definition) is 6. The summed E-state index contributed by atoms with van der Waals surface area (Å²) < 4.78 is 34.4. The van der Waals surface area contributed by atoms with E-state index in [1.807, 2.05) is 0 Å². The number of ether oxygens (including phenoxy) is 2. The fourth-order valence-electron chi connectivity index (χ4n) is 8.30. The molecule has 0 amide bonds. The van der Waals surface area contributed by atoms with Crippen LogP contribution in [-0.2, 0) is 27.9 Å². The standard InChI is InChI=1S/C59H103O12P/c1-3-5-7-9-11-13-15-17-19-21-23-25-27-28-30-32-34-36-38-40-42-44-46-48-53(60)70-52(51-69-72(66,67)71-59-57(64)55(62)54(61)56(63)58(59)65)50-68-49-47-45-43-41-39-37-35-33-31-29-26-24-22-20-18-16-14-12-10-8-6-4-2/h6,8,12,14-15,17-18,20-21,23-24,26-28,52,54-59,61-65H,3-5,7,9-11,13,16,19,22,25,29-51H2,1-2H3,(H,66,67)/b8-6-,14-12-,17-15-,20-18-,23-21-,26-24-,28-27-. The van der Waals surface area contributed by atoms with Crippen molar-refractivity contribution in [1.82, 2.24) is 0 Å². The number of rotatable bonds is 48. The molecule has 1 fully saturated rings. The van der Waals surface area contributed by atoms with E-state index in [9.17, 15) is 39.8 Å². The summed E-state index contributed by atoms with van der Waals surface area (Å²) in [7, 11) is -5.04. The van der Waals surface area contributed by atoms with Gasteiger partial charge < -0.3 is 39.9 Å². The summed E-state index contributed by atoms with van der Waals surface area (Å²) in [6, 6.07) is 0. The number of allylic oxidation sites excluding steroid dienone is 14. The highest BCUT2D eigenvalue weighted by atomic mass is 31.2. The van der Waals surface area contributed by atoms with Crippen LogP contribution >= 0.6 is 7.82 Å². The first-order valence-electron chi connectivity index (χ1n) is 28.4. The summed E-state index contributed by atoms with van der Waals surface area (Å²) in [6.07, 6.45) is 53.5. The van der Waals surface area contributed by atoms with Crippen molar-refractivity contribution in [1.29, 1.82) is 0 Å². The smallest absolute Gasteiger partial charge is 0.457 e. The SMILES string of the molecule is CC/C=C\C/C=C\C/C=C\C/C=C\CCCCCCCCCCCOCC(COP(=O)(O)OC1C(O)C(O)C(O)C(O)C1O)OC(=O)CCCCCCCCCC/C=C\C/C=C\C/C=C\CCCCCCC. The monoisotopic (exact) mass is 1030 g/mol. The zero-order valence-electron chi connectivity index (χ0n) is 45.0. The van der Waals surface area contributed by atoms with E-state index < -0.39 is 63.1 Å². The van der Waals surface area contributed by atoms with E-state index in [2.05, 4.69) is 98.9 Å². The molecular weight excluding hydrogens is 932 g/mol. The summed E-state index contributed by atoms with van der Waals surface area (Å²) in [5, 5.41) is 50.4. The van der Waals surface area contributed by atoms with Crippen molar-refractivity contribution in [2.45, 2.75) is 262 Å². The van der Waals surface area contributed by atoms with E-state index in [4.69, 9.17) is 18.5 Å². The van der Waals surface area contributed by atoms with Gasteiger partial charge in [-0.15, -0.1) is 0 Å². The molecule has 0 saturated heterocycles. The number of phosphoric ester groups is 1. The van der Waals surface area contributed by atoms with Gasteiger partial charge in [-0.2, -0.15) is 0 Å². The number of aliphatic hydroxyl groups is 5. The normalized spacial score (nSPS) is 21.3. The second-order valence-electron chi connectivity index (χ2n) is 19.4. The first kappa shape index (κ1) is 67.5. The molecule has 0 bridgehead atoms. The Bertz CT molecular complexity index is 1510. The summed E-state index contributed by atoms with van der Waals surface area (Å²) >= 11 is 0. The van der Waals surface area contributed by atoms with Crippen LogP contribution < -0.4 is 0 Å². The predicted molar refractivity (Wildman–Crippen MR) is 294 cm³/mol. The molecule has 0 spiro atoms. The summed E-state index contributed by atoms with van der Waals surface area (Å²) in [5.74, 6) is -0.488. The Morgan fingerprint density at radius 3 is 1.25 bits per heavy atom. The maximum Gasteiger partial charge on any atom is 0.472 e. The largest absolute Gasteiger partial charge is 0.472 e. The highest BCUT2D eigenvalue weighted by Gasteiger charge is 2.51. The first-order chi connectivity index (χ1) is 35.0. The Morgan fingerprint density at radius 2 is 0.819 bits per heavy atom. The predicted octanol–water partition coefficient (Wildman–Crippen LogP) is 13.7. The quantitative estimate of drug-likeness (QED) is 0.0146. The molecule has 6 N–H and O–H groups in total. The van der Waals surface area contributed by atoms with Crippen molar-refractivity contribution in [3.8, 4) is 0 Å². The Morgan fingerprint density at radius 1 is 0.458 bits per heavy atom. The van der Waals surface area contributed by atoms with E-state index in [0.717, 1.165) is 103 Å². The fourth-order valence-corrected chi connectivity index (χ4v) is 9.27. The number of aliphatic hydroxyl groups excluding tert-OH is 5. The minimum absolute atomic E-state index is 0.0883. The van der Waals surface area contributed by atoms with Crippen molar-refractivity contribution in [3.63, 3.8) is 0 Å². The molecule has 72 heavy (non-hydrogen) atoms. The third-order valence-corrected chi connectivity index (χ3v) is 13.7. The lowest BCUT2D eigenvalue weighted by molar-refractivity contribution is -0.220. The van der Waals surface area contributed by atoms with Gasteiger partial charge in [0.2, 0.25) is 0 Å². The van der Waals surface area contributed by atoms with Gasteiger partial charge in [-0.3, -0.25) is 13.8 Å². The van der Waals surface area contributed by atoms with Crippen molar-refractivity contribution >= 4 is 13.8 Å². The molecule has 0 aromatic heterocycles. The van der Waals surface area contributed by atoms with Gasteiger partial charge in [0.05, 0.1) is 13.2 Å². The third-order valence-electron chi connectivity index (χ3n) is 12.8. The maximum atomic E-state index is 12.9. The molecule has 6 unspecified atom stereocenters. The molecule has 1 rings (SSSR count). The Labute approximate surface area is 437 Å². The number of unbranched alkanes of at least 4 members (excludes halogenated alkanes) is 22. The number of carbonyl (C=O) groups is 1. The number of carbonyl (C=O) groups excluding carboxylic acids is 1. The highest BCUT2D eigenvalue weighted by Crippen LogP contribution is 2.47. The molecule has 1 aliphatic rings. The minimum Gasteiger partial charge on any atom is -0.457 e. The van der Waals surface area contributed by atoms with Gasteiger partial charge in [-0.1, -0.05) is 208 Å². The molecule has 0 heterocycles. The second-order valence-corrected chi connectivity index (χ2v) is 20.8. The van der Waals surface area contributed by atoms with Crippen molar-refractivity contribution < 1.29 is 58.3 Å². The molecule has 6 atom stereocenters. The minimum atomic E-state index is -5.04. The molecule has 0 radical (unpaired) electrons. The molecule has 0 aromatic rings. The average Bonchev–Trinajstić information content (AvgIpc) is 3.37. The highest BCUT2D eigenvalue weighted by molar-refractivity contribution is 7.47.